The Kier molecular flexibility index (Phi) is 6.00. The van der Waals surface area contributed by atoms with E-state index in [1.807, 2.05) is 18.2 Å². The largest absolute Gasteiger partial charge is 0.339 e. The molecule has 32 heavy (non-hydrogen) atoms. The molecule has 0 spiro atoms. The van der Waals surface area contributed by atoms with Crippen LogP contribution in [0.1, 0.15) is 28.4 Å². The smallest absolute Gasteiger partial charge is 0.227 e. The summed E-state index contributed by atoms with van der Waals surface area (Å²) in [5.41, 5.74) is 3.23. The summed E-state index contributed by atoms with van der Waals surface area (Å²) in [5.74, 6) is 0.818. The summed E-state index contributed by atoms with van der Waals surface area (Å²) < 4.78 is 5.27. The number of benzene rings is 1. The van der Waals surface area contributed by atoms with E-state index in [2.05, 4.69) is 54.6 Å². The molecule has 0 saturated heterocycles. The Balaban J connectivity index is 1.14. The molecule has 4 aromatic rings. The highest BCUT2D eigenvalue weighted by atomic mass is 32.1. The lowest BCUT2D eigenvalue weighted by Gasteiger charge is -2.25. The number of aromatic nitrogens is 4. The van der Waals surface area contributed by atoms with Crippen LogP contribution in [0.4, 0.5) is 5.13 Å². The fourth-order valence-corrected chi connectivity index (χ4v) is 4.72. The molecule has 0 saturated carbocycles. The van der Waals surface area contributed by atoms with E-state index in [1.54, 1.807) is 23.7 Å². The van der Waals surface area contributed by atoms with Gasteiger partial charge >= 0.3 is 0 Å². The lowest BCUT2D eigenvalue weighted by atomic mass is 10.1. The van der Waals surface area contributed by atoms with E-state index in [0.29, 0.717) is 23.3 Å². The molecular formula is C23H22N6O2S. The molecule has 1 N–H and O–H groups in total. The fourth-order valence-electron chi connectivity index (χ4n) is 3.66. The summed E-state index contributed by atoms with van der Waals surface area (Å²) >= 11 is 1.56. The molecule has 1 aliphatic heterocycles. The predicted molar refractivity (Wildman–Crippen MR) is 121 cm³/mol. The lowest BCUT2D eigenvalue weighted by Crippen LogP contribution is -2.29. The van der Waals surface area contributed by atoms with E-state index in [9.17, 15) is 4.79 Å². The Morgan fingerprint density at radius 2 is 1.97 bits per heavy atom. The van der Waals surface area contributed by atoms with Gasteiger partial charge in [-0.15, -0.1) is 11.3 Å². The van der Waals surface area contributed by atoms with Crippen molar-refractivity contribution in [2.45, 2.75) is 32.4 Å². The SMILES string of the molecule is O=C(CCc1nc(-c2ccncc2)no1)Nc1nc2c(s1)CN(Cc1ccccc1)CC2. The summed E-state index contributed by atoms with van der Waals surface area (Å²) in [7, 11) is 0. The summed E-state index contributed by atoms with van der Waals surface area (Å²) in [4.78, 5) is 29.0. The molecule has 0 bridgehead atoms. The summed E-state index contributed by atoms with van der Waals surface area (Å²) in [6.45, 7) is 2.75. The molecule has 8 nitrogen and oxygen atoms in total. The van der Waals surface area contributed by atoms with E-state index >= 15 is 0 Å². The van der Waals surface area contributed by atoms with Gasteiger partial charge in [0, 0.05) is 61.7 Å². The maximum absolute atomic E-state index is 12.4. The topological polar surface area (TPSA) is 97.0 Å². The molecule has 0 fully saturated rings. The number of rotatable bonds is 7. The number of hydrogen-bond acceptors (Lipinski definition) is 8. The highest BCUT2D eigenvalue weighted by Crippen LogP contribution is 2.29. The van der Waals surface area contributed by atoms with E-state index in [0.717, 1.165) is 37.3 Å². The van der Waals surface area contributed by atoms with Crippen LogP contribution >= 0.6 is 11.3 Å². The Morgan fingerprint density at radius 1 is 1.12 bits per heavy atom. The van der Waals surface area contributed by atoms with Crippen molar-refractivity contribution in [2.75, 3.05) is 11.9 Å². The molecule has 1 aromatic carbocycles. The van der Waals surface area contributed by atoms with Crippen molar-refractivity contribution in [2.24, 2.45) is 0 Å². The van der Waals surface area contributed by atoms with Crippen molar-refractivity contribution < 1.29 is 9.32 Å². The number of carbonyl (C=O) groups excluding carboxylic acids is 1. The molecule has 0 radical (unpaired) electrons. The van der Waals surface area contributed by atoms with Crippen LogP contribution in [0.5, 0.6) is 0 Å². The van der Waals surface area contributed by atoms with Gasteiger partial charge in [-0.2, -0.15) is 4.98 Å². The monoisotopic (exact) mass is 446 g/mol. The van der Waals surface area contributed by atoms with Crippen molar-refractivity contribution in [1.82, 2.24) is 25.0 Å². The number of aryl methyl sites for hydroxylation is 1. The number of anilines is 1. The van der Waals surface area contributed by atoms with Gasteiger partial charge in [0.2, 0.25) is 17.6 Å². The van der Waals surface area contributed by atoms with Crippen LogP contribution in [0.2, 0.25) is 0 Å². The van der Waals surface area contributed by atoms with Crippen LogP contribution in [0.3, 0.4) is 0 Å². The molecule has 0 aliphatic carbocycles. The summed E-state index contributed by atoms with van der Waals surface area (Å²) in [5, 5.41) is 7.55. The first-order valence-corrected chi connectivity index (χ1v) is 11.3. The lowest BCUT2D eigenvalue weighted by molar-refractivity contribution is -0.116. The molecule has 9 heteroatoms. The van der Waals surface area contributed by atoms with Crippen LogP contribution < -0.4 is 5.32 Å². The van der Waals surface area contributed by atoms with E-state index < -0.39 is 0 Å². The second-order valence-electron chi connectivity index (χ2n) is 7.63. The van der Waals surface area contributed by atoms with Crippen LogP contribution in [0.25, 0.3) is 11.4 Å². The summed E-state index contributed by atoms with van der Waals surface area (Å²) in [6.07, 6.45) is 4.87. The number of hydrogen-bond donors (Lipinski definition) is 1. The van der Waals surface area contributed by atoms with Gasteiger partial charge in [0.25, 0.3) is 0 Å². The third-order valence-corrected chi connectivity index (χ3v) is 6.28. The van der Waals surface area contributed by atoms with Crippen molar-refractivity contribution in [3.63, 3.8) is 0 Å². The molecule has 3 aromatic heterocycles. The van der Waals surface area contributed by atoms with E-state index in [-0.39, 0.29) is 12.3 Å². The van der Waals surface area contributed by atoms with Gasteiger partial charge in [-0.1, -0.05) is 35.5 Å². The maximum atomic E-state index is 12.4. The zero-order chi connectivity index (χ0) is 21.8. The number of carbonyl (C=O) groups is 1. The van der Waals surface area contributed by atoms with Crippen molar-refractivity contribution in [3.05, 3.63) is 76.9 Å². The molecule has 0 atom stereocenters. The number of nitrogens with one attached hydrogen (secondary N) is 1. The van der Waals surface area contributed by atoms with Crippen molar-refractivity contribution in [1.29, 1.82) is 0 Å². The second-order valence-corrected chi connectivity index (χ2v) is 8.71. The first-order chi connectivity index (χ1) is 15.7. The molecule has 5 rings (SSSR count). The van der Waals surface area contributed by atoms with E-state index in [4.69, 9.17) is 4.52 Å². The van der Waals surface area contributed by atoms with Crippen molar-refractivity contribution in [3.8, 4) is 11.4 Å². The van der Waals surface area contributed by atoms with Gasteiger partial charge in [-0.25, -0.2) is 4.98 Å². The Labute approximate surface area is 189 Å². The third kappa shape index (κ3) is 4.90. The first-order valence-electron chi connectivity index (χ1n) is 10.5. The number of amides is 1. The number of nitrogens with zero attached hydrogens (tertiary/aromatic N) is 5. The number of pyridine rings is 1. The maximum Gasteiger partial charge on any atom is 0.227 e. The van der Waals surface area contributed by atoms with Gasteiger partial charge < -0.3 is 9.84 Å². The quantitative estimate of drug-likeness (QED) is 0.462. The van der Waals surface area contributed by atoms with Gasteiger partial charge in [0.05, 0.1) is 5.69 Å². The minimum absolute atomic E-state index is 0.110. The Bertz CT molecular complexity index is 1190. The highest BCUT2D eigenvalue weighted by Gasteiger charge is 2.21. The average molecular weight is 447 g/mol. The van der Waals surface area contributed by atoms with Gasteiger partial charge in [0.15, 0.2) is 5.13 Å². The summed E-state index contributed by atoms with van der Waals surface area (Å²) in [6, 6.07) is 14.1. The van der Waals surface area contributed by atoms with Gasteiger partial charge in [-0.3, -0.25) is 14.7 Å². The Hall–Kier alpha value is -3.43. The van der Waals surface area contributed by atoms with Gasteiger partial charge in [0.1, 0.15) is 0 Å². The van der Waals surface area contributed by atoms with Crippen LogP contribution in [0.15, 0.2) is 59.4 Å². The average Bonchev–Trinajstić information content (AvgIpc) is 3.45. The molecule has 1 amide bonds. The molecule has 162 valence electrons. The predicted octanol–water partition coefficient (Wildman–Crippen LogP) is 3.72. The molecule has 1 aliphatic rings. The van der Waals surface area contributed by atoms with Crippen molar-refractivity contribution >= 4 is 22.4 Å². The van der Waals surface area contributed by atoms with Crippen LogP contribution in [0, 0.1) is 0 Å². The zero-order valence-electron chi connectivity index (χ0n) is 17.4. The Morgan fingerprint density at radius 3 is 2.81 bits per heavy atom. The second kappa shape index (κ2) is 9.37. The van der Waals surface area contributed by atoms with E-state index in [1.165, 1.54) is 10.4 Å². The molecule has 0 unspecified atom stereocenters. The number of fused-ring (bicyclic) bond motifs is 1. The third-order valence-electron chi connectivity index (χ3n) is 5.28. The first kappa shape index (κ1) is 20.5. The standard InChI is InChI=1S/C23H22N6O2S/c30-20(6-7-21-27-22(28-31-21)17-8-11-24-12-9-17)26-23-25-18-10-13-29(15-19(18)32-23)14-16-4-2-1-3-5-16/h1-5,8-9,11-12H,6-7,10,13-15H2,(H,25,26,30). The minimum Gasteiger partial charge on any atom is -0.339 e. The molecular weight excluding hydrogens is 424 g/mol. The molecule has 4 heterocycles. The van der Waals surface area contributed by atoms with Gasteiger partial charge in [-0.05, 0) is 17.7 Å². The van der Waals surface area contributed by atoms with Crippen LogP contribution in [-0.2, 0) is 30.7 Å². The van der Waals surface area contributed by atoms with Crippen LogP contribution in [-0.4, -0.2) is 37.5 Å². The fraction of sp³-hybridized carbons (Fsp3) is 0.261. The normalized spacial score (nSPS) is 13.6. The highest BCUT2D eigenvalue weighted by molar-refractivity contribution is 7.15. The minimum atomic E-state index is -0.110. The zero-order valence-corrected chi connectivity index (χ0v) is 18.2. The number of thiazole rings is 1.